The van der Waals surface area contributed by atoms with Crippen LogP contribution in [0.15, 0.2) is 48.2 Å². The number of allylic oxidation sites excluding steroid dienone is 1. The van der Waals surface area contributed by atoms with Gasteiger partial charge in [0.2, 0.25) is 16.6 Å². The number of hydrogen-bond donors (Lipinski definition) is 0. The lowest BCUT2D eigenvalue weighted by Gasteiger charge is -2.27. The van der Waals surface area contributed by atoms with E-state index in [1.807, 2.05) is 25.1 Å². The number of benzene rings is 1. The zero-order valence-corrected chi connectivity index (χ0v) is 16.4. The standard InChI is InChI=1S/C17H28O2Si2/c1-14(15(2)18-20(3,4)5)17(19-21(6,7)8)16-12-10-9-11-13-16/h9-13H,2H2,1,3-8H3/b17-14-. The molecule has 0 unspecified atom stereocenters. The van der Waals surface area contributed by atoms with E-state index in [1.165, 1.54) is 0 Å². The Morgan fingerprint density at radius 1 is 0.857 bits per heavy atom. The van der Waals surface area contributed by atoms with Gasteiger partial charge in [0.1, 0.15) is 11.5 Å². The Morgan fingerprint density at radius 3 is 1.76 bits per heavy atom. The van der Waals surface area contributed by atoms with E-state index >= 15 is 0 Å². The molecule has 0 aromatic heterocycles. The summed E-state index contributed by atoms with van der Waals surface area (Å²) < 4.78 is 12.4. The zero-order valence-electron chi connectivity index (χ0n) is 14.4. The second-order valence-corrected chi connectivity index (χ2v) is 16.0. The molecule has 116 valence electrons. The summed E-state index contributed by atoms with van der Waals surface area (Å²) in [6, 6.07) is 10.2. The van der Waals surface area contributed by atoms with Crippen molar-refractivity contribution in [3.63, 3.8) is 0 Å². The minimum Gasteiger partial charge on any atom is -0.544 e. The van der Waals surface area contributed by atoms with Gasteiger partial charge in [0.15, 0.2) is 0 Å². The fourth-order valence-corrected chi connectivity index (χ4v) is 3.60. The van der Waals surface area contributed by atoms with E-state index in [0.717, 1.165) is 22.7 Å². The van der Waals surface area contributed by atoms with Crippen LogP contribution in [0.4, 0.5) is 0 Å². The SMILES string of the molecule is C=C(O[Si](C)(C)C)/C(C)=C(\O[Si](C)(C)C)c1ccccc1. The van der Waals surface area contributed by atoms with Crippen LogP contribution in [0, 0.1) is 0 Å². The first-order chi connectivity index (χ1) is 9.49. The van der Waals surface area contributed by atoms with Crippen LogP contribution < -0.4 is 0 Å². The molecule has 4 heteroatoms. The second kappa shape index (κ2) is 6.66. The molecular formula is C17H28O2Si2. The Bertz CT molecular complexity index is 520. The highest BCUT2D eigenvalue weighted by Crippen LogP contribution is 2.29. The average molecular weight is 321 g/mol. The molecule has 0 atom stereocenters. The van der Waals surface area contributed by atoms with Crippen molar-refractivity contribution in [1.29, 1.82) is 0 Å². The van der Waals surface area contributed by atoms with Crippen molar-refractivity contribution in [2.24, 2.45) is 0 Å². The van der Waals surface area contributed by atoms with Gasteiger partial charge in [0, 0.05) is 11.1 Å². The fourth-order valence-electron chi connectivity index (χ4n) is 1.82. The van der Waals surface area contributed by atoms with Crippen molar-refractivity contribution in [1.82, 2.24) is 0 Å². The van der Waals surface area contributed by atoms with E-state index in [0.29, 0.717) is 0 Å². The molecule has 2 nitrogen and oxygen atoms in total. The fraction of sp³-hybridized carbons (Fsp3) is 0.412. The van der Waals surface area contributed by atoms with Gasteiger partial charge in [0.05, 0.1) is 0 Å². The van der Waals surface area contributed by atoms with Crippen molar-refractivity contribution in [2.45, 2.75) is 46.2 Å². The lowest BCUT2D eigenvalue weighted by molar-refractivity contribution is 0.429. The molecule has 1 rings (SSSR count). The third-order valence-corrected chi connectivity index (χ3v) is 4.31. The van der Waals surface area contributed by atoms with Crippen LogP contribution in [-0.2, 0) is 8.85 Å². The van der Waals surface area contributed by atoms with Gasteiger partial charge < -0.3 is 8.85 Å². The van der Waals surface area contributed by atoms with Crippen molar-refractivity contribution in [3.05, 3.63) is 53.8 Å². The van der Waals surface area contributed by atoms with Gasteiger partial charge in [-0.1, -0.05) is 36.9 Å². The zero-order chi connectivity index (χ0) is 16.3. The first-order valence-corrected chi connectivity index (χ1v) is 14.1. The molecule has 21 heavy (non-hydrogen) atoms. The Kier molecular flexibility index (Phi) is 5.64. The smallest absolute Gasteiger partial charge is 0.242 e. The van der Waals surface area contributed by atoms with Crippen LogP contribution in [0.5, 0.6) is 0 Å². The molecule has 0 amide bonds. The van der Waals surface area contributed by atoms with Gasteiger partial charge in [-0.25, -0.2) is 0 Å². The summed E-state index contributed by atoms with van der Waals surface area (Å²) in [5.74, 6) is 1.63. The van der Waals surface area contributed by atoms with Crippen molar-refractivity contribution >= 4 is 22.4 Å². The predicted octanol–water partition coefficient (Wildman–Crippen LogP) is 5.63. The van der Waals surface area contributed by atoms with Crippen LogP contribution in [0.1, 0.15) is 12.5 Å². The largest absolute Gasteiger partial charge is 0.544 e. The third-order valence-electron chi connectivity index (χ3n) is 2.63. The van der Waals surface area contributed by atoms with Crippen molar-refractivity contribution in [2.75, 3.05) is 0 Å². The summed E-state index contributed by atoms with van der Waals surface area (Å²) in [7, 11) is -3.38. The minimum absolute atomic E-state index is 0.728. The molecule has 0 bridgehead atoms. The van der Waals surface area contributed by atoms with Crippen LogP contribution >= 0.6 is 0 Å². The maximum absolute atomic E-state index is 6.31. The molecule has 0 aliphatic carbocycles. The molecule has 0 aliphatic heterocycles. The maximum Gasteiger partial charge on any atom is 0.242 e. The van der Waals surface area contributed by atoms with E-state index in [2.05, 4.69) is 58.0 Å². The second-order valence-electron chi connectivity index (χ2n) is 7.17. The van der Waals surface area contributed by atoms with Gasteiger partial charge in [-0.05, 0) is 46.2 Å². The van der Waals surface area contributed by atoms with E-state index in [-0.39, 0.29) is 0 Å². The molecule has 0 N–H and O–H groups in total. The number of hydrogen-bond acceptors (Lipinski definition) is 2. The topological polar surface area (TPSA) is 18.5 Å². The van der Waals surface area contributed by atoms with Crippen LogP contribution in [0.25, 0.3) is 5.76 Å². The monoisotopic (exact) mass is 320 g/mol. The van der Waals surface area contributed by atoms with Gasteiger partial charge in [-0.2, -0.15) is 0 Å². The summed E-state index contributed by atoms with van der Waals surface area (Å²) in [4.78, 5) is 0. The Morgan fingerprint density at radius 2 is 1.33 bits per heavy atom. The predicted molar refractivity (Wildman–Crippen MR) is 97.0 cm³/mol. The van der Waals surface area contributed by atoms with Crippen LogP contribution in [-0.4, -0.2) is 16.6 Å². The maximum atomic E-state index is 6.31. The molecule has 0 heterocycles. The number of rotatable bonds is 6. The highest BCUT2D eigenvalue weighted by Gasteiger charge is 2.23. The van der Waals surface area contributed by atoms with Gasteiger partial charge >= 0.3 is 0 Å². The summed E-state index contributed by atoms with van der Waals surface area (Å²) in [6.07, 6.45) is 0. The van der Waals surface area contributed by atoms with Crippen molar-refractivity contribution < 1.29 is 8.85 Å². The van der Waals surface area contributed by atoms with Crippen molar-refractivity contribution in [3.8, 4) is 0 Å². The summed E-state index contributed by atoms with van der Waals surface area (Å²) in [5, 5.41) is 0. The highest BCUT2D eigenvalue weighted by atomic mass is 28.4. The lowest BCUT2D eigenvalue weighted by atomic mass is 10.1. The van der Waals surface area contributed by atoms with Gasteiger partial charge in [-0.15, -0.1) is 0 Å². The quantitative estimate of drug-likeness (QED) is 0.384. The Hall–Kier alpha value is -1.27. The molecule has 0 saturated heterocycles. The van der Waals surface area contributed by atoms with Gasteiger partial charge in [0.25, 0.3) is 0 Å². The molecule has 0 spiro atoms. The summed E-state index contributed by atoms with van der Waals surface area (Å²) in [5.41, 5.74) is 2.07. The van der Waals surface area contributed by atoms with E-state index in [1.54, 1.807) is 0 Å². The minimum atomic E-state index is -1.71. The Labute approximate surface area is 131 Å². The average Bonchev–Trinajstić information content (AvgIpc) is 2.33. The van der Waals surface area contributed by atoms with Crippen LogP contribution in [0.3, 0.4) is 0 Å². The molecule has 0 radical (unpaired) electrons. The van der Waals surface area contributed by atoms with Gasteiger partial charge in [-0.3, -0.25) is 0 Å². The molecule has 0 saturated carbocycles. The molecule has 0 aliphatic rings. The molecule has 0 fully saturated rings. The lowest BCUT2D eigenvalue weighted by Crippen LogP contribution is -2.27. The first-order valence-electron chi connectivity index (χ1n) is 7.33. The summed E-state index contributed by atoms with van der Waals surface area (Å²) in [6.45, 7) is 19.2. The normalized spacial score (nSPS) is 13.5. The van der Waals surface area contributed by atoms with Crippen LogP contribution in [0.2, 0.25) is 39.3 Å². The Balaban J connectivity index is 3.22. The molecular weight excluding hydrogens is 292 g/mol. The van der Waals surface area contributed by atoms with E-state index in [4.69, 9.17) is 8.85 Å². The van der Waals surface area contributed by atoms with E-state index in [9.17, 15) is 0 Å². The molecule has 1 aromatic rings. The first kappa shape index (κ1) is 17.8. The molecule has 1 aromatic carbocycles. The summed E-state index contributed by atoms with van der Waals surface area (Å²) >= 11 is 0. The third kappa shape index (κ3) is 6.35. The highest BCUT2D eigenvalue weighted by molar-refractivity contribution is 6.70. The van der Waals surface area contributed by atoms with E-state index < -0.39 is 16.6 Å².